The second-order valence-corrected chi connectivity index (χ2v) is 9.94. The van der Waals surface area contributed by atoms with E-state index >= 15 is 0 Å². The minimum absolute atomic E-state index is 0.328. The first-order valence-electron chi connectivity index (χ1n) is 5.65. The summed E-state index contributed by atoms with van der Waals surface area (Å²) in [5, 5.41) is 0. The highest BCUT2D eigenvalue weighted by atomic mass is 28.4. The maximum atomic E-state index is 6.13. The van der Waals surface area contributed by atoms with Gasteiger partial charge in [-0.1, -0.05) is 23.8 Å². The van der Waals surface area contributed by atoms with Crippen LogP contribution in [0, 0.1) is 12.3 Å². The van der Waals surface area contributed by atoms with Crippen LogP contribution in [0.25, 0.3) is 0 Å². The maximum absolute atomic E-state index is 6.13. The molecule has 0 heterocycles. The fraction of sp³-hybridized carbons (Fsp3) is 0.571. The second kappa shape index (κ2) is 6.08. The van der Waals surface area contributed by atoms with Crippen LogP contribution in [0.5, 0.6) is 0 Å². The molecule has 0 saturated heterocycles. The lowest BCUT2D eigenvalue weighted by Crippen LogP contribution is -2.39. The molecule has 0 aromatic rings. The summed E-state index contributed by atoms with van der Waals surface area (Å²) in [6.07, 6.45) is 12.2. The van der Waals surface area contributed by atoms with Gasteiger partial charge in [0.15, 0.2) is 8.32 Å². The molecular formula is C14H24OSi. The third-order valence-corrected chi connectivity index (χ3v) is 2.95. The summed E-state index contributed by atoms with van der Waals surface area (Å²) in [6, 6.07) is 0. The Morgan fingerprint density at radius 3 is 2.31 bits per heavy atom. The van der Waals surface area contributed by atoms with Gasteiger partial charge in [-0.05, 0) is 40.4 Å². The zero-order chi connectivity index (χ0) is 12.8. The molecule has 0 aromatic carbocycles. The van der Waals surface area contributed by atoms with Gasteiger partial charge in [0, 0.05) is 6.42 Å². The van der Waals surface area contributed by atoms with E-state index in [-0.39, 0.29) is 5.60 Å². The monoisotopic (exact) mass is 236 g/mol. The van der Waals surface area contributed by atoms with Crippen LogP contribution in [0.1, 0.15) is 27.2 Å². The third kappa shape index (κ3) is 7.50. The van der Waals surface area contributed by atoms with Crippen molar-refractivity contribution in [2.45, 2.75) is 52.4 Å². The van der Waals surface area contributed by atoms with Gasteiger partial charge >= 0.3 is 0 Å². The summed E-state index contributed by atoms with van der Waals surface area (Å²) in [4.78, 5) is 0. The molecule has 0 aromatic heterocycles. The largest absolute Gasteiger partial charge is 0.408 e. The van der Waals surface area contributed by atoms with Crippen molar-refractivity contribution in [3.8, 4) is 12.3 Å². The summed E-state index contributed by atoms with van der Waals surface area (Å²) < 4.78 is 6.13. The van der Waals surface area contributed by atoms with Crippen LogP contribution in [0.3, 0.4) is 0 Å². The zero-order valence-corrected chi connectivity index (χ0v) is 12.4. The summed E-state index contributed by atoms with van der Waals surface area (Å²) in [5.74, 6) is 2.69. The molecule has 0 aliphatic carbocycles. The Morgan fingerprint density at radius 2 is 1.94 bits per heavy atom. The van der Waals surface area contributed by atoms with E-state index in [0.717, 1.165) is 0 Å². The highest BCUT2D eigenvalue weighted by Gasteiger charge is 2.28. The SMILES string of the molecule is C#CC[C@](C)(/C=C/C=C(C)C)O[Si](C)(C)C. The first-order valence-corrected chi connectivity index (χ1v) is 9.06. The Morgan fingerprint density at radius 1 is 1.38 bits per heavy atom. The lowest BCUT2D eigenvalue weighted by Gasteiger charge is -2.32. The third-order valence-electron chi connectivity index (χ3n) is 1.87. The normalized spacial score (nSPS) is 15.6. The topological polar surface area (TPSA) is 9.23 Å². The van der Waals surface area contributed by atoms with Gasteiger partial charge in [-0.2, -0.15) is 0 Å². The van der Waals surface area contributed by atoms with Gasteiger partial charge < -0.3 is 4.43 Å². The number of hydrogen-bond acceptors (Lipinski definition) is 1. The van der Waals surface area contributed by atoms with Crippen molar-refractivity contribution in [2.24, 2.45) is 0 Å². The fourth-order valence-corrected chi connectivity index (χ4v) is 3.01. The molecule has 0 aliphatic rings. The maximum Gasteiger partial charge on any atom is 0.184 e. The Kier molecular flexibility index (Phi) is 5.78. The molecule has 2 heteroatoms. The van der Waals surface area contributed by atoms with Crippen molar-refractivity contribution in [3.63, 3.8) is 0 Å². The Hall–Kier alpha value is -0.783. The molecule has 1 atom stereocenters. The minimum Gasteiger partial charge on any atom is -0.408 e. The van der Waals surface area contributed by atoms with Crippen LogP contribution in [-0.4, -0.2) is 13.9 Å². The van der Waals surface area contributed by atoms with Crippen LogP contribution in [0.4, 0.5) is 0 Å². The standard InChI is InChI=1S/C14H24OSi/c1-8-11-14(4,15-16(5,6)7)12-9-10-13(2)3/h1,9-10,12H,11H2,2-7H3/b12-9+/t14-/m1/s1. The average molecular weight is 236 g/mol. The number of hydrogen-bond donors (Lipinski definition) is 0. The van der Waals surface area contributed by atoms with E-state index in [9.17, 15) is 0 Å². The fourth-order valence-electron chi connectivity index (χ4n) is 1.48. The Balaban J connectivity index is 4.78. The smallest absolute Gasteiger partial charge is 0.184 e. The molecular weight excluding hydrogens is 212 g/mol. The average Bonchev–Trinajstić information content (AvgIpc) is 1.98. The zero-order valence-electron chi connectivity index (χ0n) is 11.4. The molecule has 0 radical (unpaired) electrons. The van der Waals surface area contributed by atoms with Gasteiger partial charge in [0.05, 0.1) is 5.60 Å². The molecule has 0 N–H and O–H groups in total. The van der Waals surface area contributed by atoms with Crippen molar-refractivity contribution < 1.29 is 4.43 Å². The van der Waals surface area contributed by atoms with Gasteiger partial charge in [0.1, 0.15) is 0 Å². The lowest BCUT2D eigenvalue weighted by molar-refractivity contribution is 0.138. The van der Waals surface area contributed by atoms with E-state index in [1.165, 1.54) is 5.57 Å². The van der Waals surface area contributed by atoms with Gasteiger partial charge in [-0.15, -0.1) is 12.3 Å². The van der Waals surface area contributed by atoms with Crippen molar-refractivity contribution in [1.29, 1.82) is 0 Å². The molecule has 90 valence electrons. The van der Waals surface area contributed by atoms with Gasteiger partial charge in [0.2, 0.25) is 0 Å². The van der Waals surface area contributed by atoms with Gasteiger partial charge in [-0.3, -0.25) is 0 Å². The van der Waals surface area contributed by atoms with Crippen molar-refractivity contribution in [1.82, 2.24) is 0 Å². The van der Waals surface area contributed by atoms with Crippen molar-refractivity contribution >= 4 is 8.32 Å². The summed E-state index contributed by atoms with van der Waals surface area (Å²) in [5.41, 5.74) is 0.942. The van der Waals surface area contributed by atoms with Crippen LogP contribution in [0.2, 0.25) is 19.6 Å². The highest BCUT2D eigenvalue weighted by Crippen LogP contribution is 2.22. The predicted molar refractivity (Wildman–Crippen MR) is 74.9 cm³/mol. The van der Waals surface area contributed by atoms with E-state index in [0.29, 0.717) is 6.42 Å². The van der Waals surface area contributed by atoms with Crippen molar-refractivity contribution in [3.05, 3.63) is 23.8 Å². The molecule has 0 amide bonds. The first-order chi connectivity index (χ1) is 7.18. The van der Waals surface area contributed by atoms with Crippen LogP contribution < -0.4 is 0 Å². The molecule has 0 bridgehead atoms. The molecule has 0 rings (SSSR count). The van der Waals surface area contributed by atoms with Crippen LogP contribution >= 0.6 is 0 Å². The molecule has 0 spiro atoms. The van der Waals surface area contributed by atoms with E-state index in [4.69, 9.17) is 10.8 Å². The van der Waals surface area contributed by atoms with E-state index < -0.39 is 8.32 Å². The van der Waals surface area contributed by atoms with E-state index in [1.807, 2.05) is 6.08 Å². The Bertz CT molecular complexity index is 311. The molecule has 16 heavy (non-hydrogen) atoms. The Labute approximate surface area is 102 Å². The number of rotatable bonds is 5. The van der Waals surface area contributed by atoms with Gasteiger partial charge in [-0.25, -0.2) is 0 Å². The quantitative estimate of drug-likeness (QED) is 0.396. The molecule has 0 unspecified atom stereocenters. The van der Waals surface area contributed by atoms with E-state index in [1.54, 1.807) is 0 Å². The van der Waals surface area contributed by atoms with Gasteiger partial charge in [0.25, 0.3) is 0 Å². The number of terminal acetylenes is 1. The summed E-state index contributed by atoms with van der Waals surface area (Å²) in [7, 11) is -1.57. The highest BCUT2D eigenvalue weighted by molar-refractivity contribution is 6.69. The number of allylic oxidation sites excluding steroid dienone is 3. The van der Waals surface area contributed by atoms with E-state index in [2.05, 4.69) is 58.5 Å². The minimum atomic E-state index is -1.57. The predicted octanol–water partition coefficient (Wildman–Crippen LogP) is 4.14. The van der Waals surface area contributed by atoms with Crippen LogP contribution in [0.15, 0.2) is 23.8 Å². The molecule has 1 nitrogen and oxygen atoms in total. The first kappa shape index (κ1) is 15.2. The molecule has 0 aliphatic heterocycles. The second-order valence-electron chi connectivity index (χ2n) is 5.51. The lowest BCUT2D eigenvalue weighted by atomic mass is 10.0. The molecule has 0 saturated carbocycles. The van der Waals surface area contributed by atoms with Crippen LogP contribution in [-0.2, 0) is 4.43 Å². The summed E-state index contributed by atoms with van der Waals surface area (Å²) in [6.45, 7) is 12.7. The molecule has 0 fully saturated rings. The summed E-state index contributed by atoms with van der Waals surface area (Å²) >= 11 is 0. The van der Waals surface area contributed by atoms with Crippen molar-refractivity contribution in [2.75, 3.05) is 0 Å².